The van der Waals surface area contributed by atoms with E-state index in [9.17, 15) is 0 Å². The molecule has 1 N–H and O–H groups in total. The summed E-state index contributed by atoms with van der Waals surface area (Å²) in [6.45, 7) is 5.38. The van der Waals surface area contributed by atoms with Crippen LogP contribution in [-0.2, 0) is 0 Å². The van der Waals surface area contributed by atoms with Gasteiger partial charge in [-0.25, -0.2) is 0 Å². The summed E-state index contributed by atoms with van der Waals surface area (Å²) in [5.74, 6) is 0. The van der Waals surface area contributed by atoms with Gasteiger partial charge >= 0.3 is 0 Å². The van der Waals surface area contributed by atoms with Crippen molar-refractivity contribution in [3.8, 4) is 0 Å². The predicted molar refractivity (Wildman–Crippen MR) is 56.2 cm³/mol. The van der Waals surface area contributed by atoms with E-state index < -0.39 is 0 Å². The summed E-state index contributed by atoms with van der Waals surface area (Å²) in [5.41, 5.74) is 2.71. The first kappa shape index (κ1) is 8.36. The first-order chi connectivity index (χ1) is 6.17. The molecule has 0 bridgehead atoms. The largest absolute Gasteiger partial charge is 0.381 e. The van der Waals surface area contributed by atoms with Crippen LogP contribution in [0.4, 0.5) is 0 Å². The molecule has 0 spiro atoms. The fraction of sp³-hybridized carbons (Fsp3) is 0.333. The number of nitrogens with one attached hydrogen (secondary N) is 1. The topological polar surface area (TPSA) is 12.0 Å². The molecule has 0 aromatic carbocycles. The summed E-state index contributed by atoms with van der Waals surface area (Å²) in [7, 11) is 0. The van der Waals surface area contributed by atoms with Crippen LogP contribution in [0.3, 0.4) is 0 Å². The van der Waals surface area contributed by atoms with Crippen molar-refractivity contribution < 1.29 is 0 Å². The van der Waals surface area contributed by atoms with E-state index in [-0.39, 0.29) is 5.41 Å². The van der Waals surface area contributed by atoms with Crippen LogP contribution in [0.1, 0.15) is 13.8 Å². The summed E-state index contributed by atoms with van der Waals surface area (Å²) in [6, 6.07) is 0. The quantitative estimate of drug-likeness (QED) is 0.593. The molecule has 0 radical (unpaired) electrons. The zero-order valence-electron chi connectivity index (χ0n) is 8.17. The van der Waals surface area contributed by atoms with Crippen molar-refractivity contribution in [2.45, 2.75) is 13.8 Å². The Morgan fingerprint density at radius 1 is 1.38 bits per heavy atom. The van der Waals surface area contributed by atoms with Crippen molar-refractivity contribution in [1.29, 1.82) is 0 Å². The standard InChI is InChI=1S/C12H15N/c1-12(2)7-3-6-11-10(9-12)5-4-8-13-11/h3-7,9,13H,8H2,1-2H3. The lowest BCUT2D eigenvalue weighted by molar-refractivity contribution is 0.623. The van der Waals surface area contributed by atoms with Crippen molar-refractivity contribution in [2.75, 3.05) is 6.54 Å². The monoisotopic (exact) mass is 173 g/mol. The number of fused-ring (bicyclic) bond motifs is 1. The Labute approximate surface area is 79.5 Å². The third kappa shape index (κ3) is 1.74. The molecule has 13 heavy (non-hydrogen) atoms. The van der Waals surface area contributed by atoms with Crippen LogP contribution in [0.15, 0.2) is 47.7 Å². The van der Waals surface area contributed by atoms with Gasteiger partial charge in [0.2, 0.25) is 0 Å². The average Bonchev–Trinajstić information content (AvgIpc) is 2.21. The lowest BCUT2D eigenvalue weighted by Gasteiger charge is -2.18. The van der Waals surface area contributed by atoms with Crippen LogP contribution >= 0.6 is 0 Å². The van der Waals surface area contributed by atoms with Crippen LogP contribution in [0.5, 0.6) is 0 Å². The van der Waals surface area contributed by atoms with Gasteiger partial charge in [0.15, 0.2) is 0 Å². The van der Waals surface area contributed by atoms with Crippen LogP contribution < -0.4 is 5.32 Å². The normalized spacial score (nSPS) is 23.8. The number of hydrogen-bond donors (Lipinski definition) is 1. The molecule has 68 valence electrons. The molecule has 0 saturated heterocycles. The highest BCUT2D eigenvalue weighted by molar-refractivity contribution is 5.46. The Bertz CT molecular complexity index is 327. The molecule has 1 aliphatic carbocycles. The van der Waals surface area contributed by atoms with E-state index in [4.69, 9.17) is 0 Å². The highest BCUT2D eigenvalue weighted by atomic mass is 14.9. The fourth-order valence-corrected chi connectivity index (χ4v) is 1.67. The van der Waals surface area contributed by atoms with Crippen molar-refractivity contribution in [3.63, 3.8) is 0 Å². The summed E-state index contributed by atoms with van der Waals surface area (Å²) in [4.78, 5) is 0. The summed E-state index contributed by atoms with van der Waals surface area (Å²) < 4.78 is 0. The van der Waals surface area contributed by atoms with E-state index in [1.165, 1.54) is 11.3 Å². The van der Waals surface area contributed by atoms with Crippen molar-refractivity contribution >= 4 is 0 Å². The second-order valence-corrected chi connectivity index (χ2v) is 4.14. The molecular formula is C12H15N. The van der Waals surface area contributed by atoms with Crippen molar-refractivity contribution in [2.24, 2.45) is 5.41 Å². The number of allylic oxidation sites excluding steroid dienone is 5. The minimum absolute atomic E-state index is 0.164. The lowest BCUT2D eigenvalue weighted by Crippen LogP contribution is -2.18. The molecule has 0 saturated carbocycles. The second kappa shape index (κ2) is 2.91. The van der Waals surface area contributed by atoms with E-state index in [0.717, 1.165) is 6.54 Å². The van der Waals surface area contributed by atoms with Gasteiger partial charge in [0.1, 0.15) is 0 Å². The Hall–Kier alpha value is -1.24. The van der Waals surface area contributed by atoms with Crippen molar-refractivity contribution in [1.82, 2.24) is 5.32 Å². The summed E-state index contributed by atoms with van der Waals surface area (Å²) in [6.07, 6.45) is 13.1. The van der Waals surface area contributed by atoms with E-state index >= 15 is 0 Å². The van der Waals surface area contributed by atoms with Gasteiger partial charge in [-0.1, -0.05) is 44.2 Å². The molecule has 0 amide bonds. The molecule has 0 atom stereocenters. The first-order valence-electron chi connectivity index (χ1n) is 4.71. The molecule has 0 unspecified atom stereocenters. The van der Waals surface area contributed by atoms with Crippen LogP contribution in [0, 0.1) is 5.41 Å². The zero-order chi connectivity index (χ0) is 9.31. The maximum atomic E-state index is 3.35. The van der Waals surface area contributed by atoms with Crippen molar-refractivity contribution in [3.05, 3.63) is 47.7 Å². The molecule has 2 aliphatic rings. The highest BCUT2D eigenvalue weighted by Gasteiger charge is 2.15. The van der Waals surface area contributed by atoms with E-state index in [1.807, 2.05) is 0 Å². The van der Waals surface area contributed by atoms with E-state index in [2.05, 4.69) is 55.6 Å². The van der Waals surface area contributed by atoms with Gasteiger partial charge < -0.3 is 5.32 Å². The molecule has 0 aromatic heterocycles. The van der Waals surface area contributed by atoms with E-state index in [0.29, 0.717) is 0 Å². The van der Waals surface area contributed by atoms with Gasteiger partial charge in [-0.15, -0.1) is 0 Å². The molecule has 1 aliphatic heterocycles. The average molecular weight is 173 g/mol. The third-order valence-electron chi connectivity index (χ3n) is 2.33. The minimum atomic E-state index is 0.164. The van der Waals surface area contributed by atoms with Gasteiger partial charge in [-0.3, -0.25) is 0 Å². The Morgan fingerprint density at radius 2 is 2.23 bits per heavy atom. The van der Waals surface area contributed by atoms with Crippen LogP contribution in [0.25, 0.3) is 0 Å². The molecule has 1 heteroatoms. The molecule has 1 heterocycles. The van der Waals surface area contributed by atoms with Crippen LogP contribution in [0.2, 0.25) is 0 Å². The number of rotatable bonds is 0. The first-order valence-corrected chi connectivity index (χ1v) is 4.71. The van der Waals surface area contributed by atoms with Crippen LogP contribution in [-0.4, -0.2) is 6.54 Å². The Kier molecular flexibility index (Phi) is 1.87. The fourth-order valence-electron chi connectivity index (χ4n) is 1.67. The predicted octanol–water partition coefficient (Wildman–Crippen LogP) is 2.55. The molecule has 0 aromatic rings. The minimum Gasteiger partial charge on any atom is -0.381 e. The van der Waals surface area contributed by atoms with E-state index in [1.54, 1.807) is 0 Å². The lowest BCUT2D eigenvalue weighted by atomic mass is 9.90. The van der Waals surface area contributed by atoms with Gasteiger partial charge in [0.25, 0.3) is 0 Å². The summed E-state index contributed by atoms with van der Waals surface area (Å²) in [5, 5.41) is 3.35. The highest BCUT2D eigenvalue weighted by Crippen LogP contribution is 2.27. The maximum absolute atomic E-state index is 3.35. The third-order valence-corrected chi connectivity index (χ3v) is 2.33. The van der Waals surface area contributed by atoms with Gasteiger partial charge in [-0.05, 0) is 11.6 Å². The van der Waals surface area contributed by atoms with Gasteiger partial charge in [0.05, 0.1) is 0 Å². The maximum Gasteiger partial charge on any atom is 0.0413 e. The second-order valence-electron chi connectivity index (χ2n) is 4.14. The molecular weight excluding hydrogens is 158 g/mol. The Balaban J connectivity index is 2.44. The van der Waals surface area contributed by atoms with Gasteiger partial charge in [0, 0.05) is 17.7 Å². The molecule has 2 rings (SSSR count). The zero-order valence-corrected chi connectivity index (χ0v) is 8.17. The number of hydrogen-bond acceptors (Lipinski definition) is 1. The molecule has 0 fully saturated rings. The smallest absolute Gasteiger partial charge is 0.0413 e. The SMILES string of the molecule is CC1(C)C=CC=C2NCC=CC2=C1. The Morgan fingerprint density at radius 3 is 3.08 bits per heavy atom. The summed E-state index contributed by atoms with van der Waals surface area (Å²) >= 11 is 0. The molecule has 1 nitrogen and oxygen atoms in total. The van der Waals surface area contributed by atoms with Gasteiger partial charge in [-0.2, -0.15) is 0 Å².